The quantitative estimate of drug-likeness (QED) is 0.790. The molecule has 0 saturated carbocycles. The van der Waals surface area contributed by atoms with E-state index in [4.69, 9.17) is 9.68 Å². The number of nitriles is 1. The number of furan rings is 1. The Balaban J connectivity index is 1.92. The third kappa shape index (κ3) is 1.48. The van der Waals surface area contributed by atoms with Gasteiger partial charge in [-0.2, -0.15) is 5.26 Å². The molecule has 16 heavy (non-hydrogen) atoms. The topological polar surface area (TPSA) is 49.0 Å². The van der Waals surface area contributed by atoms with Crippen molar-refractivity contribution >= 4 is 11.0 Å². The van der Waals surface area contributed by atoms with Crippen molar-refractivity contribution in [3.63, 3.8) is 0 Å². The lowest BCUT2D eigenvalue weighted by Gasteiger charge is -2.09. The average Bonchev–Trinajstić information content (AvgIpc) is 2.96. The lowest BCUT2D eigenvalue weighted by atomic mass is 10.00. The highest BCUT2D eigenvalue weighted by Crippen LogP contribution is 2.29. The van der Waals surface area contributed by atoms with E-state index in [-0.39, 0.29) is 5.92 Å². The Labute approximate surface area is 93.7 Å². The van der Waals surface area contributed by atoms with Gasteiger partial charge in [-0.05, 0) is 30.2 Å². The van der Waals surface area contributed by atoms with Crippen LogP contribution in [0, 0.1) is 17.2 Å². The Hall–Kier alpha value is -1.79. The second-order valence-corrected chi connectivity index (χ2v) is 4.24. The van der Waals surface area contributed by atoms with E-state index in [2.05, 4.69) is 23.5 Å². The summed E-state index contributed by atoms with van der Waals surface area (Å²) in [5, 5.41) is 13.4. The standard InChI is InChI=1S/C13H12N2O/c14-7-9-5-12(15-8-9)10-1-2-13-11(6-10)3-4-16-13/h1-4,6,9,12,15H,5,8H2. The van der Waals surface area contributed by atoms with Gasteiger partial charge in [-0.3, -0.25) is 0 Å². The average molecular weight is 212 g/mol. The lowest BCUT2D eigenvalue weighted by Crippen LogP contribution is -2.13. The van der Waals surface area contributed by atoms with Crippen LogP contribution in [0.3, 0.4) is 0 Å². The van der Waals surface area contributed by atoms with E-state index < -0.39 is 0 Å². The first-order valence-corrected chi connectivity index (χ1v) is 5.47. The molecular weight excluding hydrogens is 200 g/mol. The Bertz CT molecular complexity index is 552. The molecule has 1 aromatic carbocycles. The summed E-state index contributed by atoms with van der Waals surface area (Å²) in [7, 11) is 0. The summed E-state index contributed by atoms with van der Waals surface area (Å²) in [6, 6.07) is 10.8. The van der Waals surface area contributed by atoms with Gasteiger partial charge in [-0.15, -0.1) is 0 Å². The summed E-state index contributed by atoms with van der Waals surface area (Å²) in [5.74, 6) is 0.144. The van der Waals surface area contributed by atoms with Gasteiger partial charge in [0, 0.05) is 18.0 Å². The predicted octanol–water partition coefficient (Wildman–Crippen LogP) is 2.61. The zero-order valence-corrected chi connectivity index (χ0v) is 8.81. The molecule has 2 heterocycles. The van der Waals surface area contributed by atoms with Crippen molar-refractivity contribution in [2.24, 2.45) is 5.92 Å². The monoisotopic (exact) mass is 212 g/mol. The molecule has 3 rings (SSSR count). The van der Waals surface area contributed by atoms with Crippen LogP contribution in [0.5, 0.6) is 0 Å². The zero-order valence-electron chi connectivity index (χ0n) is 8.81. The van der Waals surface area contributed by atoms with Crippen molar-refractivity contribution in [1.82, 2.24) is 5.32 Å². The van der Waals surface area contributed by atoms with E-state index in [1.807, 2.05) is 12.1 Å². The molecular formula is C13H12N2O. The first-order valence-electron chi connectivity index (χ1n) is 5.47. The zero-order chi connectivity index (χ0) is 11.0. The van der Waals surface area contributed by atoms with Gasteiger partial charge in [0.1, 0.15) is 5.58 Å². The van der Waals surface area contributed by atoms with Crippen LogP contribution in [-0.4, -0.2) is 6.54 Å². The Kier molecular flexibility index (Phi) is 2.16. The Morgan fingerprint density at radius 2 is 2.31 bits per heavy atom. The summed E-state index contributed by atoms with van der Waals surface area (Å²) in [4.78, 5) is 0. The SMILES string of the molecule is N#CC1CNC(c2ccc3occc3c2)C1. The molecule has 0 amide bonds. The van der Waals surface area contributed by atoms with Gasteiger partial charge >= 0.3 is 0 Å². The number of nitrogens with one attached hydrogen (secondary N) is 1. The highest BCUT2D eigenvalue weighted by atomic mass is 16.3. The first-order chi connectivity index (χ1) is 7.86. The molecule has 1 saturated heterocycles. The third-order valence-corrected chi connectivity index (χ3v) is 3.19. The normalized spacial score (nSPS) is 24.7. The van der Waals surface area contributed by atoms with Crippen molar-refractivity contribution in [1.29, 1.82) is 5.26 Å². The van der Waals surface area contributed by atoms with Crippen LogP contribution < -0.4 is 5.32 Å². The van der Waals surface area contributed by atoms with E-state index in [0.717, 1.165) is 23.9 Å². The molecule has 1 aliphatic rings. The number of nitrogens with zero attached hydrogens (tertiary/aromatic N) is 1. The fourth-order valence-corrected chi connectivity index (χ4v) is 2.29. The predicted molar refractivity (Wildman–Crippen MR) is 60.7 cm³/mol. The van der Waals surface area contributed by atoms with Crippen molar-refractivity contribution in [2.75, 3.05) is 6.54 Å². The van der Waals surface area contributed by atoms with Gasteiger partial charge in [0.25, 0.3) is 0 Å². The molecule has 1 aliphatic heterocycles. The first kappa shape index (κ1) is 9.44. The number of hydrogen-bond acceptors (Lipinski definition) is 3. The number of benzene rings is 1. The van der Waals surface area contributed by atoms with Crippen LogP contribution in [0.15, 0.2) is 34.9 Å². The van der Waals surface area contributed by atoms with Crippen LogP contribution in [0.2, 0.25) is 0 Å². The van der Waals surface area contributed by atoms with Crippen LogP contribution >= 0.6 is 0 Å². The molecule has 3 nitrogen and oxygen atoms in total. The van der Waals surface area contributed by atoms with Gasteiger partial charge in [-0.1, -0.05) is 6.07 Å². The maximum Gasteiger partial charge on any atom is 0.133 e. The Morgan fingerprint density at radius 1 is 1.38 bits per heavy atom. The van der Waals surface area contributed by atoms with Crippen molar-refractivity contribution in [3.8, 4) is 6.07 Å². The second kappa shape index (κ2) is 3.66. The maximum absolute atomic E-state index is 8.86. The van der Waals surface area contributed by atoms with E-state index in [9.17, 15) is 0 Å². The minimum absolute atomic E-state index is 0.144. The molecule has 2 unspecified atom stereocenters. The molecule has 80 valence electrons. The van der Waals surface area contributed by atoms with Crippen molar-refractivity contribution in [3.05, 3.63) is 36.1 Å². The van der Waals surface area contributed by atoms with Crippen molar-refractivity contribution < 1.29 is 4.42 Å². The van der Waals surface area contributed by atoms with E-state index in [1.54, 1.807) is 6.26 Å². The smallest absolute Gasteiger partial charge is 0.133 e. The minimum Gasteiger partial charge on any atom is -0.464 e. The summed E-state index contributed by atoms with van der Waals surface area (Å²) in [6.07, 6.45) is 2.61. The van der Waals surface area contributed by atoms with E-state index >= 15 is 0 Å². The molecule has 0 radical (unpaired) electrons. The van der Waals surface area contributed by atoms with Crippen molar-refractivity contribution in [2.45, 2.75) is 12.5 Å². The molecule has 0 aliphatic carbocycles. The lowest BCUT2D eigenvalue weighted by molar-refractivity contribution is 0.614. The molecule has 2 atom stereocenters. The molecule has 0 bridgehead atoms. The van der Waals surface area contributed by atoms with Crippen LogP contribution in [0.1, 0.15) is 18.0 Å². The van der Waals surface area contributed by atoms with Crippen LogP contribution in [-0.2, 0) is 0 Å². The summed E-state index contributed by atoms with van der Waals surface area (Å²) < 4.78 is 5.31. The summed E-state index contributed by atoms with van der Waals surface area (Å²) >= 11 is 0. The largest absolute Gasteiger partial charge is 0.464 e. The maximum atomic E-state index is 8.86. The molecule has 0 spiro atoms. The number of rotatable bonds is 1. The van der Waals surface area contributed by atoms with E-state index in [1.165, 1.54) is 5.56 Å². The Morgan fingerprint density at radius 3 is 3.12 bits per heavy atom. The summed E-state index contributed by atoms with van der Waals surface area (Å²) in [6.45, 7) is 0.796. The minimum atomic E-state index is 0.144. The molecule has 2 aromatic rings. The van der Waals surface area contributed by atoms with Crippen LogP contribution in [0.4, 0.5) is 0 Å². The molecule has 1 N–H and O–H groups in total. The van der Waals surface area contributed by atoms with E-state index in [0.29, 0.717) is 6.04 Å². The molecule has 1 fully saturated rings. The fourth-order valence-electron chi connectivity index (χ4n) is 2.29. The second-order valence-electron chi connectivity index (χ2n) is 4.24. The summed E-state index contributed by atoms with van der Waals surface area (Å²) in [5.41, 5.74) is 2.16. The number of hydrogen-bond donors (Lipinski definition) is 1. The highest BCUT2D eigenvalue weighted by Gasteiger charge is 2.24. The highest BCUT2D eigenvalue weighted by molar-refractivity contribution is 5.77. The van der Waals surface area contributed by atoms with Gasteiger partial charge in [0.2, 0.25) is 0 Å². The van der Waals surface area contributed by atoms with Gasteiger partial charge in [0.05, 0.1) is 18.3 Å². The fraction of sp³-hybridized carbons (Fsp3) is 0.308. The number of fused-ring (bicyclic) bond motifs is 1. The van der Waals surface area contributed by atoms with Gasteiger partial charge in [0.15, 0.2) is 0 Å². The third-order valence-electron chi connectivity index (χ3n) is 3.19. The van der Waals surface area contributed by atoms with Crippen LogP contribution in [0.25, 0.3) is 11.0 Å². The molecule has 1 aromatic heterocycles. The van der Waals surface area contributed by atoms with Gasteiger partial charge < -0.3 is 9.73 Å². The van der Waals surface area contributed by atoms with Gasteiger partial charge in [-0.25, -0.2) is 0 Å². The molecule has 3 heteroatoms.